The molecule has 8 N–H and O–H groups in total. The Hall–Kier alpha value is -6.21. The molecular formula is C47H58N8O5. The van der Waals surface area contributed by atoms with E-state index in [9.17, 15) is 19.2 Å². The van der Waals surface area contributed by atoms with Gasteiger partial charge in [0.2, 0.25) is 23.6 Å². The molecule has 13 heteroatoms. The first-order chi connectivity index (χ1) is 29.1. The monoisotopic (exact) mass is 814 g/mol. The molecule has 1 aliphatic carbocycles. The van der Waals surface area contributed by atoms with Crippen molar-refractivity contribution in [3.8, 4) is 5.75 Å². The van der Waals surface area contributed by atoms with Crippen molar-refractivity contribution >= 4 is 29.6 Å². The molecule has 2 fully saturated rings. The molecule has 0 radical (unpaired) electrons. The first-order valence-electron chi connectivity index (χ1n) is 20.9. The summed E-state index contributed by atoms with van der Waals surface area (Å²) in [6.07, 6.45) is 4.28. The van der Waals surface area contributed by atoms with E-state index in [-0.39, 0.29) is 49.6 Å². The quantitative estimate of drug-likeness (QED) is 0.0509. The summed E-state index contributed by atoms with van der Waals surface area (Å²) in [5.74, 6) is -1.10. The molecule has 1 saturated heterocycles. The summed E-state index contributed by atoms with van der Waals surface area (Å²) in [7, 11) is 0. The number of hydrogen-bond donors (Lipinski definition) is 5. The first-order valence-corrected chi connectivity index (χ1v) is 20.9. The number of nitrogens with one attached hydrogen (secondary N) is 2. The minimum absolute atomic E-state index is 0.0487. The van der Waals surface area contributed by atoms with Gasteiger partial charge in [0.1, 0.15) is 24.4 Å². The maximum absolute atomic E-state index is 14.0. The molecule has 2 unspecified atom stereocenters. The number of carbonyl (C=O) groups excluding carboxylic acids is 4. The van der Waals surface area contributed by atoms with E-state index >= 15 is 0 Å². The SMILES string of the molecule is NC(=O)C(NC(=O)C(CCCN=C(N)N)NC(=O)CC1(CC(=O)N2CCN(C(c3ccccc3)c3ccccc3)CC2)CCCC1)c1ccc(OCc2ccccc2)cc1. The Bertz CT molecular complexity index is 1990. The van der Waals surface area contributed by atoms with Gasteiger partial charge in [-0.05, 0) is 65.5 Å². The van der Waals surface area contributed by atoms with Gasteiger partial charge in [-0.25, -0.2) is 0 Å². The zero-order chi connectivity index (χ0) is 42.3. The Labute approximate surface area is 352 Å². The lowest BCUT2D eigenvalue weighted by Crippen LogP contribution is -2.51. The average Bonchev–Trinajstić information content (AvgIpc) is 3.71. The number of rotatable bonds is 19. The third-order valence-electron chi connectivity index (χ3n) is 11.6. The van der Waals surface area contributed by atoms with Crippen LogP contribution in [-0.2, 0) is 25.8 Å². The number of amides is 4. The van der Waals surface area contributed by atoms with Crippen LogP contribution in [0.25, 0.3) is 0 Å². The molecule has 2 aliphatic rings. The van der Waals surface area contributed by atoms with Crippen LogP contribution in [0.4, 0.5) is 0 Å². The van der Waals surface area contributed by atoms with Crippen LogP contribution in [0.15, 0.2) is 120 Å². The molecular weight excluding hydrogens is 757 g/mol. The standard InChI is InChI=1S/C47H58N8O5/c48-44(58)42(35-20-22-38(23-21-35)60-33-34-13-4-1-5-14-34)53-45(59)39(19-12-26-51-46(49)50)52-40(56)31-47(24-10-11-25-47)32-41(57)54-27-29-55(30-28-54)43(36-15-6-2-7-16-36)37-17-8-3-9-18-37/h1-9,13-18,20-23,39,42-43H,10-12,19,24-33H2,(H2,48,58)(H,52,56)(H,53,59)(H4,49,50,51). The lowest BCUT2D eigenvalue weighted by molar-refractivity contribution is -0.137. The van der Waals surface area contributed by atoms with Crippen LogP contribution in [0.2, 0.25) is 0 Å². The normalized spacial score (nSPS) is 16.1. The number of guanidine groups is 1. The first kappa shape index (κ1) is 43.4. The fourth-order valence-corrected chi connectivity index (χ4v) is 8.51. The Kier molecular flexibility index (Phi) is 15.3. The fraction of sp³-hybridized carbons (Fsp3) is 0.383. The second-order valence-corrected chi connectivity index (χ2v) is 16.0. The second kappa shape index (κ2) is 21.2. The molecule has 4 amide bonds. The van der Waals surface area contributed by atoms with Crippen LogP contribution in [-0.4, -0.2) is 78.2 Å². The van der Waals surface area contributed by atoms with Gasteiger partial charge in [-0.1, -0.05) is 116 Å². The van der Waals surface area contributed by atoms with Gasteiger partial charge < -0.3 is 37.5 Å². The van der Waals surface area contributed by atoms with E-state index in [4.69, 9.17) is 21.9 Å². The number of carbonyl (C=O) groups is 4. The summed E-state index contributed by atoms with van der Waals surface area (Å²) in [5.41, 5.74) is 20.2. The molecule has 1 heterocycles. The minimum atomic E-state index is -1.16. The van der Waals surface area contributed by atoms with E-state index in [2.05, 4.69) is 69.1 Å². The lowest BCUT2D eigenvalue weighted by atomic mass is 9.78. The van der Waals surface area contributed by atoms with Crippen LogP contribution in [0.1, 0.15) is 85.7 Å². The third kappa shape index (κ3) is 12.2. The van der Waals surface area contributed by atoms with E-state index in [0.717, 1.165) is 44.3 Å². The summed E-state index contributed by atoms with van der Waals surface area (Å²) >= 11 is 0. The molecule has 1 aliphatic heterocycles. The Morgan fingerprint density at radius 2 is 1.28 bits per heavy atom. The maximum atomic E-state index is 14.0. The zero-order valence-electron chi connectivity index (χ0n) is 34.2. The number of primary amides is 1. The number of aliphatic imine (C=N–C) groups is 1. The Morgan fingerprint density at radius 3 is 1.85 bits per heavy atom. The van der Waals surface area contributed by atoms with Crippen LogP contribution in [0.5, 0.6) is 5.75 Å². The lowest BCUT2D eigenvalue weighted by Gasteiger charge is -2.41. The molecule has 60 heavy (non-hydrogen) atoms. The van der Waals surface area contributed by atoms with Crippen LogP contribution < -0.4 is 32.6 Å². The fourth-order valence-electron chi connectivity index (χ4n) is 8.51. The molecule has 0 bridgehead atoms. The Balaban J connectivity index is 1.07. The van der Waals surface area contributed by atoms with Crippen molar-refractivity contribution in [2.75, 3.05) is 32.7 Å². The Morgan fingerprint density at radius 1 is 0.700 bits per heavy atom. The minimum Gasteiger partial charge on any atom is -0.489 e. The predicted octanol–water partition coefficient (Wildman–Crippen LogP) is 4.72. The van der Waals surface area contributed by atoms with Crippen LogP contribution >= 0.6 is 0 Å². The van der Waals surface area contributed by atoms with Crippen molar-refractivity contribution in [2.45, 2.75) is 76.1 Å². The van der Waals surface area contributed by atoms with E-state index in [0.29, 0.717) is 37.4 Å². The topological polar surface area (TPSA) is 198 Å². The molecule has 4 aromatic carbocycles. The molecule has 0 spiro atoms. The highest BCUT2D eigenvalue weighted by Gasteiger charge is 2.40. The highest BCUT2D eigenvalue weighted by atomic mass is 16.5. The predicted molar refractivity (Wildman–Crippen MR) is 232 cm³/mol. The van der Waals surface area contributed by atoms with Gasteiger partial charge in [-0.3, -0.25) is 29.1 Å². The third-order valence-corrected chi connectivity index (χ3v) is 11.6. The van der Waals surface area contributed by atoms with Crippen LogP contribution in [0, 0.1) is 5.41 Å². The molecule has 2 atom stereocenters. The average molecular weight is 815 g/mol. The largest absolute Gasteiger partial charge is 0.489 e. The van der Waals surface area contributed by atoms with Crippen molar-refractivity contribution in [3.63, 3.8) is 0 Å². The molecule has 0 aromatic heterocycles. The maximum Gasteiger partial charge on any atom is 0.244 e. The van der Waals surface area contributed by atoms with Crippen molar-refractivity contribution in [3.05, 3.63) is 138 Å². The molecule has 1 saturated carbocycles. The van der Waals surface area contributed by atoms with Gasteiger partial charge >= 0.3 is 0 Å². The summed E-state index contributed by atoms with van der Waals surface area (Å²) in [6.45, 7) is 3.26. The highest BCUT2D eigenvalue weighted by Crippen LogP contribution is 2.44. The smallest absolute Gasteiger partial charge is 0.244 e. The van der Waals surface area contributed by atoms with Gasteiger partial charge in [0.25, 0.3) is 0 Å². The van der Waals surface area contributed by atoms with Gasteiger partial charge in [-0.15, -0.1) is 0 Å². The van der Waals surface area contributed by atoms with E-state index in [1.54, 1.807) is 24.3 Å². The van der Waals surface area contributed by atoms with Crippen molar-refractivity contribution in [1.82, 2.24) is 20.4 Å². The molecule has 13 nitrogen and oxygen atoms in total. The molecule has 6 rings (SSSR count). The number of nitrogens with zero attached hydrogens (tertiary/aromatic N) is 3. The van der Waals surface area contributed by atoms with E-state index in [1.165, 1.54) is 11.1 Å². The summed E-state index contributed by atoms with van der Waals surface area (Å²) in [6, 6.07) is 35.3. The summed E-state index contributed by atoms with van der Waals surface area (Å²) in [5, 5.41) is 5.69. The van der Waals surface area contributed by atoms with Crippen molar-refractivity contribution < 1.29 is 23.9 Å². The van der Waals surface area contributed by atoms with Gasteiger partial charge in [0.15, 0.2) is 5.96 Å². The number of hydrogen-bond acceptors (Lipinski definition) is 7. The van der Waals surface area contributed by atoms with E-state index < -0.39 is 29.3 Å². The van der Waals surface area contributed by atoms with Crippen LogP contribution in [0.3, 0.4) is 0 Å². The number of nitrogens with two attached hydrogens (primary N) is 3. The summed E-state index contributed by atoms with van der Waals surface area (Å²) < 4.78 is 5.88. The van der Waals surface area contributed by atoms with E-state index in [1.807, 2.05) is 47.4 Å². The zero-order valence-corrected chi connectivity index (χ0v) is 34.2. The number of piperazine rings is 1. The van der Waals surface area contributed by atoms with Gasteiger partial charge in [-0.2, -0.15) is 0 Å². The van der Waals surface area contributed by atoms with Gasteiger partial charge in [0.05, 0.1) is 6.04 Å². The molecule has 4 aromatic rings. The number of benzene rings is 4. The van der Waals surface area contributed by atoms with Gasteiger partial charge in [0, 0.05) is 45.6 Å². The summed E-state index contributed by atoms with van der Waals surface area (Å²) in [4.78, 5) is 62.9. The second-order valence-electron chi connectivity index (χ2n) is 16.0. The van der Waals surface area contributed by atoms with Crippen molar-refractivity contribution in [1.29, 1.82) is 0 Å². The van der Waals surface area contributed by atoms with Crippen molar-refractivity contribution in [2.24, 2.45) is 27.6 Å². The molecule has 316 valence electrons. The number of ether oxygens (including phenoxy) is 1. The highest BCUT2D eigenvalue weighted by molar-refractivity contribution is 5.92.